The van der Waals surface area contributed by atoms with Crippen LogP contribution in [0.5, 0.6) is 0 Å². The van der Waals surface area contributed by atoms with E-state index < -0.39 is 0 Å². The standard InChI is InChI=1S/C17H29N3O/c1-13(2)18-9-16-10-19-14(3)8-17(16)20-7-5-6-15(11-20)12-21-4/h8,10,13,15,18H,5-7,9,11-12H2,1-4H3. The van der Waals surface area contributed by atoms with Gasteiger partial charge in [-0.15, -0.1) is 0 Å². The number of ether oxygens (including phenoxy) is 1. The molecular formula is C17H29N3O. The SMILES string of the molecule is COCC1CCCN(c2cc(C)ncc2CNC(C)C)C1. The minimum atomic E-state index is 0.488. The van der Waals surface area contributed by atoms with Gasteiger partial charge in [0.15, 0.2) is 0 Å². The number of hydrogen-bond donors (Lipinski definition) is 1. The lowest BCUT2D eigenvalue weighted by atomic mass is 9.97. The molecule has 1 aliphatic rings. The molecule has 4 nitrogen and oxygen atoms in total. The molecule has 118 valence electrons. The topological polar surface area (TPSA) is 37.4 Å². The molecule has 1 aliphatic heterocycles. The van der Waals surface area contributed by atoms with E-state index in [2.05, 4.69) is 42.0 Å². The molecule has 0 aliphatic carbocycles. The van der Waals surface area contributed by atoms with Crippen LogP contribution in [0, 0.1) is 12.8 Å². The Morgan fingerprint density at radius 2 is 2.29 bits per heavy atom. The van der Waals surface area contributed by atoms with Crippen LogP contribution in [-0.4, -0.2) is 37.8 Å². The largest absolute Gasteiger partial charge is 0.384 e. The van der Waals surface area contributed by atoms with Crippen molar-refractivity contribution >= 4 is 5.69 Å². The van der Waals surface area contributed by atoms with Crippen LogP contribution >= 0.6 is 0 Å². The first-order valence-corrected chi connectivity index (χ1v) is 8.03. The van der Waals surface area contributed by atoms with Crippen LogP contribution in [-0.2, 0) is 11.3 Å². The molecule has 0 spiro atoms. The monoisotopic (exact) mass is 291 g/mol. The molecule has 0 bridgehead atoms. The van der Waals surface area contributed by atoms with Crippen molar-refractivity contribution in [1.29, 1.82) is 0 Å². The Kier molecular flexibility index (Phi) is 6.00. The van der Waals surface area contributed by atoms with E-state index >= 15 is 0 Å². The van der Waals surface area contributed by atoms with Gasteiger partial charge < -0.3 is 15.0 Å². The average molecular weight is 291 g/mol. The Labute approximate surface area is 128 Å². The summed E-state index contributed by atoms with van der Waals surface area (Å²) in [6, 6.07) is 2.72. The first-order valence-electron chi connectivity index (χ1n) is 8.03. The molecule has 1 aromatic heterocycles. The van der Waals surface area contributed by atoms with E-state index in [1.54, 1.807) is 7.11 Å². The highest BCUT2D eigenvalue weighted by molar-refractivity contribution is 5.54. The number of piperidine rings is 1. The van der Waals surface area contributed by atoms with Gasteiger partial charge in [-0.25, -0.2) is 0 Å². The molecule has 1 saturated heterocycles. The van der Waals surface area contributed by atoms with Gasteiger partial charge in [-0.3, -0.25) is 4.98 Å². The van der Waals surface area contributed by atoms with Crippen LogP contribution in [0.1, 0.15) is 37.9 Å². The fraction of sp³-hybridized carbons (Fsp3) is 0.706. The van der Waals surface area contributed by atoms with E-state index in [1.807, 2.05) is 6.20 Å². The van der Waals surface area contributed by atoms with Crippen molar-refractivity contribution in [3.05, 3.63) is 23.5 Å². The van der Waals surface area contributed by atoms with Gasteiger partial charge in [-0.05, 0) is 31.7 Å². The molecular weight excluding hydrogens is 262 g/mol. The average Bonchev–Trinajstić information content (AvgIpc) is 2.46. The van der Waals surface area contributed by atoms with Crippen LogP contribution in [0.25, 0.3) is 0 Å². The van der Waals surface area contributed by atoms with Crippen molar-refractivity contribution in [2.45, 2.75) is 46.2 Å². The van der Waals surface area contributed by atoms with Gasteiger partial charge in [-0.2, -0.15) is 0 Å². The summed E-state index contributed by atoms with van der Waals surface area (Å²) < 4.78 is 5.35. The van der Waals surface area contributed by atoms with Crippen LogP contribution < -0.4 is 10.2 Å². The summed E-state index contributed by atoms with van der Waals surface area (Å²) >= 11 is 0. The van der Waals surface area contributed by atoms with E-state index in [0.717, 1.165) is 31.9 Å². The zero-order chi connectivity index (χ0) is 15.2. The van der Waals surface area contributed by atoms with E-state index in [0.29, 0.717) is 12.0 Å². The molecule has 4 heteroatoms. The number of pyridine rings is 1. The Bertz CT molecular complexity index is 446. The highest BCUT2D eigenvalue weighted by Gasteiger charge is 2.22. The second-order valence-corrected chi connectivity index (χ2v) is 6.40. The maximum Gasteiger partial charge on any atom is 0.0507 e. The normalized spacial score (nSPS) is 19.3. The van der Waals surface area contributed by atoms with E-state index in [4.69, 9.17) is 4.74 Å². The molecule has 1 fully saturated rings. The highest BCUT2D eigenvalue weighted by Crippen LogP contribution is 2.27. The number of aryl methyl sites for hydroxylation is 1. The minimum Gasteiger partial charge on any atom is -0.384 e. The Morgan fingerprint density at radius 3 is 3.00 bits per heavy atom. The number of methoxy groups -OCH3 is 1. The zero-order valence-electron chi connectivity index (χ0n) is 13.9. The molecule has 0 aromatic carbocycles. The first kappa shape index (κ1) is 16.2. The predicted octanol–water partition coefficient (Wildman–Crippen LogP) is 2.75. The maximum absolute atomic E-state index is 5.35. The second-order valence-electron chi connectivity index (χ2n) is 6.40. The summed E-state index contributed by atoms with van der Waals surface area (Å²) in [6.45, 7) is 10.4. The summed E-state index contributed by atoms with van der Waals surface area (Å²) in [4.78, 5) is 6.99. The van der Waals surface area contributed by atoms with Crippen LogP contribution in [0.2, 0.25) is 0 Å². The highest BCUT2D eigenvalue weighted by atomic mass is 16.5. The van der Waals surface area contributed by atoms with Crippen molar-refractivity contribution in [1.82, 2.24) is 10.3 Å². The molecule has 1 N–H and O–H groups in total. The Hall–Kier alpha value is -1.13. The summed E-state index contributed by atoms with van der Waals surface area (Å²) in [6.07, 6.45) is 4.54. The van der Waals surface area contributed by atoms with E-state index in [9.17, 15) is 0 Å². The molecule has 0 saturated carbocycles. The minimum absolute atomic E-state index is 0.488. The van der Waals surface area contributed by atoms with Gasteiger partial charge in [0.2, 0.25) is 0 Å². The number of rotatable bonds is 6. The van der Waals surface area contributed by atoms with Crippen molar-refractivity contribution in [3.8, 4) is 0 Å². The van der Waals surface area contributed by atoms with Crippen LogP contribution in [0.3, 0.4) is 0 Å². The lowest BCUT2D eigenvalue weighted by Gasteiger charge is -2.35. The smallest absolute Gasteiger partial charge is 0.0507 e. The molecule has 1 unspecified atom stereocenters. The molecule has 0 radical (unpaired) electrons. The quantitative estimate of drug-likeness (QED) is 0.874. The lowest BCUT2D eigenvalue weighted by molar-refractivity contribution is 0.143. The summed E-state index contributed by atoms with van der Waals surface area (Å²) in [5, 5.41) is 3.51. The maximum atomic E-state index is 5.35. The molecule has 21 heavy (non-hydrogen) atoms. The molecule has 1 aromatic rings. The van der Waals surface area contributed by atoms with Gasteiger partial charge >= 0.3 is 0 Å². The number of nitrogens with zero attached hydrogens (tertiary/aromatic N) is 2. The third-order valence-corrected chi connectivity index (χ3v) is 4.06. The van der Waals surface area contributed by atoms with Crippen LogP contribution in [0.15, 0.2) is 12.3 Å². The zero-order valence-corrected chi connectivity index (χ0v) is 13.9. The number of aromatic nitrogens is 1. The fourth-order valence-electron chi connectivity index (χ4n) is 2.97. The molecule has 0 amide bonds. The lowest BCUT2D eigenvalue weighted by Crippen LogP contribution is -2.38. The summed E-state index contributed by atoms with van der Waals surface area (Å²) in [7, 11) is 1.80. The first-order chi connectivity index (χ1) is 10.1. The fourth-order valence-corrected chi connectivity index (χ4v) is 2.97. The second kappa shape index (κ2) is 7.76. The van der Waals surface area contributed by atoms with Gasteiger partial charge in [0, 0.05) is 55.9 Å². The third-order valence-electron chi connectivity index (χ3n) is 4.06. The number of hydrogen-bond acceptors (Lipinski definition) is 4. The summed E-state index contributed by atoms with van der Waals surface area (Å²) in [5.41, 5.74) is 3.73. The van der Waals surface area contributed by atoms with E-state index in [-0.39, 0.29) is 0 Å². The van der Waals surface area contributed by atoms with Crippen molar-refractivity contribution in [3.63, 3.8) is 0 Å². The molecule has 2 heterocycles. The van der Waals surface area contributed by atoms with Crippen LogP contribution in [0.4, 0.5) is 5.69 Å². The van der Waals surface area contributed by atoms with Crippen molar-refractivity contribution in [2.75, 3.05) is 31.7 Å². The molecule has 1 atom stereocenters. The summed E-state index contributed by atoms with van der Waals surface area (Å²) in [5.74, 6) is 0.642. The molecule has 2 rings (SSSR count). The number of anilines is 1. The predicted molar refractivity (Wildman–Crippen MR) is 87.8 cm³/mol. The van der Waals surface area contributed by atoms with E-state index in [1.165, 1.54) is 24.1 Å². The number of nitrogens with one attached hydrogen (secondary N) is 1. The van der Waals surface area contributed by atoms with Gasteiger partial charge in [0.25, 0.3) is 0 Å². The van der Waals surface area contributed by atoms with Gasteiger partial charge in [0.1, 0.15) is 0 Å². The van der Waals surface area contributed by atoms with Gasteiger partial charge in [-0.1, -0.05) is 13.8 Å². The van der Waals surface area contributed by atoms with Crippen molar-refractivity contribution < 1.29 is 4.74 Å². The Morgan fingerprint density at radius 1 is 1.48 bits per heavy atom. The van der Waals surface area contributed by atoms with Crippen molar-refractivity contribution in [2.24, 2.45) is 5.92 Å². The third kappa shape index (κ3) is 4.68. The Balaban J connectivity index is 2.14. The van der Waals surface area contributed by atoms with Gasteiger partial charge in [0.05, 0.1) is 6.61 Å².